The van der Waals surface area contributed by atoms with Crippen LogP contribution in [0.25, 0.3) is 0 Å². The Balaban J connectivity index is 6.04. The standard InChI is InChI=1S/C2H7N2.4C2H3O2.Ce/c3-1-2-4;4*1-2(3)4;/h3H,1-2,4H2;4*1H2,(H,3,4);/q-1;;;;;+1. The Morgan fingerprint density at radius 1 is 0.762 bits per heavy atom. The number of carboxylic acids is 4. The summed E-state index contributed by atoms with van der Waals surface area (Å²) in [6.45, 7) is -0.0262. The van der Waals surface area contributed by atoms with Crippen molar-refractivity contribution in [2.75, 3.05) is 13.1 Å². The molecule has 121 valence electrons. The summed E-state index contributed by atoms with van der Waals surface area (Å²) in [4.78, 5) is 44.5. The van der Waals surface area contributed by atoms with Crippen molar-refractivity contribution in [2.45, 2.75) is 7.75 Å². The normalized spacial score (nSPS) is 13.1. The molecule has 11 heteroatoms. The topological polar surface area (TPSA) is 187 Å². The summed E-state index contributed by atoms with van der Waals surface area (Å²) in [6, 6.07) is 0. The first kappa shape index (κ1) is 20.2. The molecule has 7 N–H and O–H groups in total. The molecule has 0 saturated heterocycles. The fourth-order valence-corrected chi connectivity index (χ4v) is 19.2. The van der Waals surface area contributed by atoms with Crippen molar-refractivity contribution in [3.8, 4) is 0 Å². The monoisotopic (exact) mass is 435 g/mol. The Kier molecular flexibility index (Phi) is 7.67. The summed E-state index contributed by atoms with van der Waals surface area (Å²) >= 11 is -5.55. The number of aliphatic carboxylic acids is 4. The number of carboxylic acid groups (broad SMARTS) is 4. The molecular formula is C10H19CeN2O8. The van der Waals surface area contributed by atoms with Crippen molar-refractivity contribution < 1.29 is 71.3 Å². The second-order valence-electron chi connectivity index (χ2n) is 5.20. The Morgan fingerprint density at radius 2 is 1.05 bits per heavy atom. The molecule has 0 fully saturated rings. The molecule has 0 spiro atoms. The van der Waals surface area contributed by atoms with Crippen LogP contribution in [0.4, 0.5) is 0 Å². The summed E-state index contributed by atoms with van der Waals surface area (Å²) in [7, 11) is 0. The van der Waals surface area contributed by atoms with Crippen molar-refractivity contribution in [3.05, 3.63) is 0 Å². The Labute approximate surface area is 122 Å². The fraction of sp³-hybridized carbons (Fsp3) is 0.600. The second-order valence-corrected chi connectivity index (χ2v) is 24.6. The molecule has 0 aliphatic heterocycles. The van der Waals surface area contributed by atoms with Gasteiger partial charge in [-0.25, -0.2) is 0 Å². The number of nitrogens with two attached hydrogens (primary N) is 1. The Morgan fingerprint density at radius 3 is 1.24 bits per heavy atom. The maximum absolute atomic E-state index is 11.1. The number of rotatable bonds is 11. The van der Waals surface area contributed by atoms with Crippen molar-refractivity contribution in [1.29, 1.82) is 0 Å². The molecule has 0 saturated carbocycles. The summed E-state index contributed by atoms with van der Waals surface area (Å²) in [6.07, 6.45) is 0. The van der Waals surface area contributed by atoms with Gasteiger partial charge in [-0.2, -0.15) is 0 Å². The van der Waals surface area contributed by atoms with E-state index in [1.807, 2.05) is 0 Å². The molecule has 0 rings (SSSR count). The molecule has 0 aromatic rings. The van der Waals surface area contributed by atoms with Crippen LogP contribution in [0.3, 0.4) is 0 Å². The van der Waals surface area contributed by atoms with E-state index >= 15 is 0 Å². The predicted molar refractivity (Wildman–Crippen MR) is 66.8 cm³/mol. The van der Waals surface area contributed by atoms with Gasteiger partial charge in [-0.05, 0) is 0 Å². The van der Waals surface area contributed by atoms with Gasteiger partial charge in [0.2, 0.25) is 0 Å². The Hall–Kier alpha value is -0.823. The zero-order valence-electron chi connectivity index (χ0n) is 11.2. The van der Waals surface area contributed by atoms with Gasteiger partial charge < -0.3 is 0 Å². The van der Waals surface area contributed by atoms with Gasteiger partial charge in [-0.15, -0.1) is 0 Å². The van der Waals surface area contributed by atoms with Crippen LogP contribution in [-0.4, -0.2) is 57.4 Å². The maximum atomic E-state index is 11.1. The first-order valence-corrected chi connectivity index (χ1v) is 16.5. The van der Waals surface area contributed by atoms with E-state index in [0.29, 0.717) is 0 Å². The molecule has 0 aromatic carbocycles. The van der Waals surface area contributed by atoms with E-state index in [-0.39, 0.29) is 13.1 Å². The van der Waals surface area contributed by atoms with Gasteiger partial charge in [0.05, 0.1) is 0 Å². The zero-order valence-corrected chi connectivity index (χ0v) is 14.4. The van der Waals surface area contributed by atoms with Crippen molar-refractivity contribution in [2.24, 2.45) is 5.73 Å². The van der Waals surface area contributed by atoms with E-state index in [4.69, 9.17) is 26.2 Å². The van der Waals surface area contributed by atoms with Crippen LogP contribution in [0.2, 0.25) is 7.75 Å². The summed E-state index contributed by atoms with van der Waals surface area (Å²) in [5.41, 5.74) is 5.30. The van der Waals surface area contributed by atoms with Crippen LogP contribution in [0.1, 0.15) is 0 Å². The number of carbonyl (C=O) groups is 4. The third-order valence-electron chi connectivity index (χ3n) is 3.23. The van der Waals surface area contributed by atoms with Gasteiger partial charge in [-0.3, -0.25) is 0 Å². The SMILES string of the molecule is NCC[NH][Ce]([CH2]C(=O)O)([CH2]C(=O)O)([CH2]C(=O)O)[CH2]C(=O)O. The van der Waals surface area contributed by atoms with Crippen molar-refractivity contribution in [1.82, 2.24) is 1.28 Å². The zero-order chi connectivity index (χ0) is 16.7. The number of nitrogens with one attached hydrogen (secondary N) is 1. The summed E-state index contributed by atoms with van der Waals surface area (Å²) in [5, 5.41) is 36.2. The van der Waals surface area contributed by atoms with Crippen molar-refractivity contribution >= 4 is 23.9 Å². The van der Waals surface area contributed by atoms with Crippen LogP contribution >= 0.6 is 0 Å². The molecule has 0 unspecified atom stereocenters. The van der Waals surface area contributed by atoms with E-state index in [2.05, 4.69) is 1.28 Å². The van der Waals surface area contributed by atoms with Gasteiger partial charge in [0.1, 0.15) is 0 Å². The molecule has 0 aromatic heterocycles. The minimum atomic E-state index is -5.55. The minimum absolute atomic E-state index is 0.00474. The van der Waals surface area contributed by atoms with Crippen LogP contribution in [0.5, 0.6) is 0 Å². The van der Waals surface area contributed by atoms with E-state index < -0.39 is 63.3 Å². The van der Waals surface area contributed by atoms with Gasteiger partial charge >= 0.3 is 123 Å². The van der Waals surface area contributed by atoms with E-state index in [1.165, 1.54) is 0 Å². The van der Waals surface area contributed by atoms with Crippen LogP contribution in [0.15, 0.2) is 0 Å². The second kappa shape index (κ2) is 7.98. The molecule has 0 atom stereocenters. The summed E-state index contributed by atoms with van der Waals surface area (Å²) in [5.74, 6) is -5.67. The molecule has 21 heavy (non-hydrogen) atoms. The first-order valence-electron chi connectivity index (χ1n) is 6.05. The first-order chi connectivity index (χ1) is 9.54. The Bertz CT molecular complexity index is 377. The van der Waals surface area contributed by atoms with Crippen molar-refractivity contribution in [3.63, 3.8) is 0 Å². The number of hydrogen-bond acceptors (Lipinski definition) is 6. The van der Waals surface area contributed by atoms with Gasteiger partial charge in [0, 0.05) is 0 Å². The van der Waals surface area contributed by atoms with Crippen LogP contribution < -0.4 is 7.01 Å². The van der Waals surface area contributed by atoms with E-state index in [1.54, 1.807) is 0 Å². The van der Waals surface area contributed by atoms with Crippen LogP contribution in [-0.2, 0) is 19.2 Å². The van der Waals surface area contributed by atoms with E-state index in [9.17, 15) is 19.2 Å². The van der Waals surface area contributed by atoms with E-state index in [0.717, 1.165) is 0 Å². The third kappa shape index (κ3) is 6.65. The molecule has 0 bridgehead atoms. The fourth-order valence-electron chi connectivity index (χ4n) is 2.64. The molecule has 0 amide bonds. The molecule has 10 nitrogen and oxygen atoms in total. The molecule has 0 aliphatic rings. The molecular weight excluding hydrogens is 416 g/mol. The van der Waals surface area contributed by atoms with Gasteiger partial charge in [0.15, 0.2) is 0 Å². The molecule has 0 heterocycles. The predicted octanol–water partition coefficient (Wildman–Crippen LogP) is -0.847. The summed E-state index contributed by atoms with van der Waals surface area (Å²) < 4.78 is -0.354. The average molecular weight is 435 g/mol. The third-order valence-corrected chi connectivity index (χ3v) is 22.6. The van der Waals surface area contributed by atoms with Gasteiger partial charge in [0.25, 0.3) is 0 Å². The quantitative estimate of drug-likeness (QED) is 0.239. The molecule has 0 aliphatic carbocycles. The molecule has 0 radical (unpaired) electrons. The number of hydrogen-bond donors (Lipinski definition) is 6. The van der Waals surface area contributed by atoms with Gasteiger partial charge in [-0.1, -0.05) is 0 Å². The van der Waals surface area contributed by atoms with Crippen LogP contribution in [0, 0.1) is 31.7 Å². The average Bonchev–Trinajstić information content (AvgIpc) is 2.21.